The largest absolute Gasteiger partial charge is 0.465 e. The third-order valence-corrected chi connectivity index (χ3v) is 2.70. The van der Waals surface area contributed by atoms with Crippen LogP contribution in [0.3, 0.4) is 0 Å². The minimum absolute atomic E-state index is 0.253. The second kappa shape index (κ2) is 6.05. The lowest BCUT2D eigenvalue weighted by Crippen LogP contribution is -2.24. The summed E-state index contributed by atoms with van der Waals surface area (Å²) in [4.78, 5) is 26.5. The van der Waals surface area contributed by atoms with Crippen molar-refractivity contribution in [3.05, 3.63) is 35.2 Å². The SMILES string of the molecule is C=CCNC(=O)c1[nH]c(CC)c(C(=O)OC)c1C. The van der Waals surface area contributed by atoms with E-state index in [1.54, 1.807) is 13.0 Å². The Labute approximate surface area is 106 Å². The van der Waals surface area contributed by atoms with Crippen molar-refractivity contribution in [3.8, 4) is 0 Å². The Morgan fingerprint density at radius 2 is 2.17 bits per heavy atom. The van der Waals surface area contributed by atoms with Crippen LogP contribution < -0.4 is 5.32 Å². The molecule has 98 valence electrons. The summed E-state index contributed by atoms with van der Waals surface area (Å²) in [5.41, 5.74) is 2.17. The number of hydrogen-bond acceptors (Lipinski definition) is 3. The fraction of sp³-hybridized carbons (Fsp3) is 0.385. The van der Waals surface area contributed by atoms with Gasteiger partial charge in [-0.15, -0.1) is 6.58 Å². The first kappa shape index (κ1) is 14.0. The molecule has 1 aromatic heterocycles. The van der Waals surface area contributed by atoms with Gasteiger partial charge in [0.1, 0.15) is 5.69 Å². The fourth-order valence-electron chi connectivity index (χ4n) is 1.78. The summed E-state index contributed by atoms with van der Waals surface area (Å²) in [6, 6.07) is 0. The zero-order valence-electron chi connectivity index (χ0n) is 10.9. The van der Waals surface area contributed by atoms with Gasteiger partial charge in [-0.1, -0.05) is 13.0 Å². The average Bonchev–Trinajstić information content (AvgIpc) is 2.72. The monoisotopic (exact) mass is 250 g/mol. The number of nitrogens with one attached hydrogen (secondary N) is 2. The van der Waals surface area contributed by atoms with Gasteiger partial charge in [-0.25, -0.2) is 4.79 Å². The van der Waals surface area contributed by atoms with Gasteiger partial charge in [0.25, 0.3) is 5.91 Å². The van der Waals surface area contributed by atoms with Crippen molar-refractivity contribution in [2.75, 3.05) is 13.7 Å². The summed E-state index contributed by atoms with van der Waals surface area (Å²) in [6.45, 7) is 7.54. The molecular formula is C13H18N2O3. The number of aromatic amines is 1. The van der Waals surface area contributed by atoms with E-state index >= 15 is 0 Å². The molecule has 0 fully saturated rings. The van der Waals surface area contributed by atoms with Gasteiger partial charge in [-0.2, -0.15) is 0 Å². The van der Waals surface area contributed by atoms with Crippen LogP contribution in [0.2, 0.25) is 0 Å². The highest BCUT2D eigenvalue weighted by atomic mass is 16.5. The average molecular weight is 250 g/mol. The van der Waals surface area contributed by atoms with Crippen molar-refractivity contribution in [1.82, 2.24) is 10.3 Å². The van der Waals surface area contributed by atoms with Crippen LogP contribution in [0.5, 0.6) is 0 Å². The van der Waals surface area contributed by atoms with E-state index in [1.807, 2.05) is 6.92 Å². The van der Waals surface area contributed by atoms with Crippen LogP contribution in [0.4, 0.5) is 0 Å². The lowest BCUT2D eigenvalue weighted by Gasteiger charge is -2.02. The molecule has 2 N–H and O–H groups in total. The van der Waals surface area contributed by atoms with Gasteiger partial charge in [0.05, 0.1) is 12.7 Å². The Hall–Kier alpha value is -2.04. The molecule has 0 aromatic carbocycles. The molecule has 0 spiro atoms. The summed E-state index contributed by atoms with van der Waals surface area (Å²) < 4.78 is 4.73. The highest BCUT2D eigenvalue weighted by molar-refractivity contribution is 6.00. The molecule has 0 aliphatic heterocycles. The van der Waals surface area contributed by atoms with Gasteiger partial charge in [-0.05, 0) is 18.9 Å². The number of H-pyrrole nitrogens is 1. The zero-order chi connectivity index (χ0) is 13.7. The molecule has 0 bridgehead atoms. The number of aromatic nitrogens is 1. The number of esters is 1. The molecule has 0 radical (unpaired) electrons. The molecular weight excluding hydrogens is 232 g/mol. The van der Waals surface area contributed by atoms with Gasteiger partial charge in [0, 0.05) is 12.2 Å². The predicted octanol–water partition coefficient (Wildman–Crippen LogP) is 1.59. The standard InChI is InChI=1S/C13H18N2O3/c1-5-7-14-12(16)11-8(3)10(13(17)18-4)9(6-2)15-11/h5,15H,1,6-7H2,2-4H3,(H,14,16). The summed E-state index contributed by atoms with van der Waals surface area (Å²) >= 11 is 0. The zero-order valence-corrected chi connectivity index (χ0v) is 10.9. The number of carbonyl (C=O) groups is 2. The number of aryl methyl sites for hydroxylation is 1. The van der Waals surface area contributed by atoms with Gasteiger partial charge >= 0.3 is 5.97 Å². The highest BCUT2D eigenvalue weighted by Crippen LogP contribution is 2.20. The molecule has 5 nitrogen and oxygen atoms in total. The molecule has 0 aliphatic carbocycles. The number of hydrogen-bond donors (Lipinski definition) is 2. The Morgan fingerprint density at radius 1 is 1.50 bits per heavy atom. The number of carbonyl (C=O) groups excluding carboxylic acids is 2. The molecule has 5 heteroatoms. The molecule has 0 aliphatic rings. The minimum Gasteiger partial charge on any atom is -0.465 e. The highest BCUT2D eigenvalue weighted by Gasteiger charge is 2.23. The third kappa shape index (κ3) is 2.61. The lowest BCUT2D eigenvalue weighted by molar-refractivity contribution is 0.0599. The Bertz CT molecular complexity index is 475. The Morgan fingerprint density at radius 3 is 2.67 bits per heavy atom. The second-order valence-electron chi connectivity index (χ2n) is 3.82. The van der Waals surface area contributed by atoms with Crippen LogP contribution in [0, 0.1) is 6.92 Å². The lowest BCUT2D eigenvalue weighted by atomic mass is 10.1. The van der Waals surface area contributed by atoms with Crippen LogP contribution in [0.1, 0.15) is 39.0 Å². The van der Waals surface area contributed by atoms with E-state index in [2.05, 4.69) is 16.9 Å². The minimum atomic E-state index is -0.427. The van der Waals surface area contributed by atoms with Crippen LogP contribution in [-0.2, 0) is 11.2 Å². The van der Waals surface area contributed by atoms with Crippen molar-refractivity contribution >= 4 is 11.9 Å². The van der Waals surface area contributed by atoms with Crippen LogP contribution in [0.15, 0.2) is 12.7 Å². The molecule has 0 saturated carbocycles. The first-order valence-electron chi connectivity index (χ1n) is 5.75. The van der Waals surface area contributed by atoms with Crippen LogP contribution >= 0.6 is 0 Å². The summed E-state index contributed by atoms with van der Waals surface area (Å²) in [5.74, 6) is -0.680. The number of methoxy groups -OCH3 is 1. The van der Waals surface area contributed by atoms with Crippen molar-refractivity contribution < 1.29 is 14.3 Å². The van der Waals surface area contributed by atoms with Gasteiger partial charge in [-0.3, -0.25) is 4.79 Å². The maximum atomic E-state index is 11.9. The number of rotatable bonds is 5. The fourth-order valence-corrected chi connectivity index (χ4v) is 1.78. The first-order chi connectivity index (χ1) is 8.56. The Kier molecular flexibility index (Phi) is 4.71. The maximum absolute atomic E-state index is 11.9. The molecule has 1 aromatic rings. The van der Waals surface area contributed by atoms with E-state index in [1.165, 1.54) is 7.11 Å². The van der Waals surface area contributed by atoms with Crippen LogP contribution in [0.25, 0.3) is 0 Å². The third-order valence-electron chi connectivity index (χ3n) is 2.70. The van der Waals surface area contributed by atoms with E-state index in [4.69, 9.17) is 4.74 Å². The normalized spacial score (nSPS) is 9.94. The van der Waals surface area contributed by atoms with Gasteiger partial charge < -0.3 is 15.0 Å². The molecule has 1 rings (SSSR count). The summed E-state index contributed by atoms with van der Waals surface area (Å²) in [5, 5.41) is 2.67. The molecule has 1 heterocycles. The van der Waals surface area contributed by atoms with Crippen molar-refractivity contribution in [2.45, 2.75) is 20.3 Å². The van der Waals surface area contributed by atoms with E-state index in [0.29, 0.717) is 35.5 Å². The van der Waals surface area contributed by atoms with Crippen molar-refractivity contribution in [2.24, 2.45) is 0 Å². The summed E-state index contributed by atoms with van der Waals surface area (Å²) in [7, 11) is 1.33. The van der Waals surface area contributed by atoms with E-state index in [0.717, 1.165) is 0 Å². The maximum Gasteiger partial charge on any atom is 0.339 e. The Balaban J connectivity index is 3.15. The number of amides is 1. The molecule has 0 unspecified atom stereocenters. The van der Waals surface area contributed by atoms with Crippen molar-refractivity contribution in [1.29, 1.82) is 0 Å². The van der Waals surface area contributed by atoms with E-state index in [-0.39, 0.29) is 5.91 Å². The van der Waals surface area contributed by atoms with Gasteiger partial charge in [0.2, 0.25) is 0 Å². The van der Waals surface area contributed by atoms with E-state index < -0.39 is 5.97 Å². The summed E-state index contributed by atoms with van der Waals surface area (Å²) in [6.07, 6.45) is 2.22. The molecule has 0 saturated heterocycles. The molecule has 0 atom stereocenters. The smallest absolute Gasteiger partial charge is 0.339 e. The van der Waals surface area contributed by atoms with Gasteiger partial charge in [0.15, 0.2) is 0 Å². The molecule has 1 amide bonds. The predicted molar refractivity (Wildman–Crippen MR) is 68.8 cm³/mol. The second-order valence-corrected chi connectivity index (χ2v) is 3.82. The molecule has 18 heavy (non-hydrogen) atoms. The topological polar surface area (TPSA) is 71.2 Å². The number of ether oxygens (including phenoxy) is 1. The van der Waals surface area contributed by atoms with Crippen molar-refractivity contribution in [3.63, 3.8) is 0 Å². The van der Waals surface area contributed by atoms with E-state index in [9.17, 15) is 9.59 Å². The first-order valence-corrected chi connectivity index (χ1v) is 5.75. The quantitative estimate of drug-likeness (QED) is 0.615. The van der Waals surface area contributed by atoms with Crippen LogP contribution in [-0.4, -0.2) is 30.5 Å².